The van der Waals surface area contributed by atoms with Gasteiger partial charge in [-0.05, 0) is 24.6 Å². The van der Waals surface area contributed by atoms with Crippen LogP contribution in [0.4, 0.5) is 17.6 Å². The Morgan fingerprint density at radius 2 is 1.97 bits per heavy atom. The van der Waals surface area contributed by atoms with Crippen LogP contribution in [-0.2, 0) is 6.18 Å². The Balaban J connectivity index is 1.72. The van der Waals surface area contributed by atoms with E-state index in [4.69, 9.17) is 20.4 Å². The Labute approximate surface area is 189 Å². The van der Waals surface area contributed by atoms with Gasteiger partial charge in [-0.25, -0.2) is 4.39 Å². The molecule has 3 N–H and O–H groups in total. The molecule has 0 amide bonds. The summed E-state index contributed by atoms with van der Waals surface area (Å²) >= 11 is 0. The highest BCUT2D eigenvalue weighted by Gasteiger charge is 2.38. The molecule has 1 aliphatic heterocycles. The molecule has 1 aliphatic rings. The minimum atomic E-state index is -4.63. The molecule has 11 heteroatoms. The summed E-state index contributed by atoms with van der Waals surface area (Å²) in [4.78, 5) is 5.43. The van der Waals surface area contributed by atoms with Gasteiger partial charge in [0.1, 0.15) is 18.0 Å². The summed E-state index contributed by atoms with van der Waals surface area (Å²) in [7, 11) is 0. The van der Waals surface area contributed by atoms with Crippen molar-refractivity contribution < 1.29 is 26.8 Å². The lowest BCUT2D eigenvalue weighted by atomic mass is 10.1. The molecule has 0 unspecified atom stereocenters. The lowest BCUT2D eigenvalue weighted by molar-refractivity contribution is -0.138. The molecule has 0 bridgehead atoms. The third-order valence-electron chi connectivity index (χ3n) is 5.58. The third kappa shape index (κ3) is 6.35. The van der Waals surface area contributed by atoms with E-state index in [0.29, 0.717) is 6.42 Å². The number of nitrogens with two attached hydrogens (primary N) is 1. The number of alkyl halides is 4. The molecule has 1 saturated heterocycles. The monoisotopic (exact) mass is 471 g/mol. The molecule has 0 spiro atoms. The van der Waals surface area contributed by atoms with Gasteiger partial charge in [-0.3, -0.25) is 5.41 Å². The zero-order valence-electron chi connectivity index (χ0n) is 18.5. The molecule has 2 atom stereocenters. The van der Waals surface area contributed by atoms with Crippen molar-refractivity contribution in [3.63, 3.8) is 0 Å². The Morgan fingerprint density at radius 1 is 1.24 bits per heavy atom. The average molecular weight is 471 g/mol. The van der Waals surface area contributed by atoms with Crippen LogP contribution in [0.15, 0.2) is 22.7 Å². The topological polar surface area (TPSA) is 101 Å². The van der Waals surface area contributed by atoms with Gasteiger partial charge in [0.25, 0.3) is 0 Å². The number of halogens is 4. The number of benzene rings is 1. The van der Waals surface area contributed by atoms with E-state index in [9.17, 15) is 17.6 Å². The maximum Gasteiger partial charge on any atom is 0.419 e. The average Bonchev–Trinajstić information content (AvgIpc) is 3.39. The van der Waals surface area contributed by atoms with Crippen molar-refractivity contribution in [2.24, 2.45) is 5.73 Å². The minimum absolute atomic E-state index is 0.000235. The molecule has 1 aromatic carbocycles. The zero-order valence-corrected chi connectivity index (χ0v) is 18.5. The van der Waals surface area contributed by atoms with Crippen molar-refractivity contribution in [2.75, 3.05) is 13.2 Å². The van der Waals surface area contributed by atoms with Crippen molar-refractivity contribution >= 4 is 5.96 Å². The van der Waals surface area contributed by atoms with Crippen LogP contribution in [0, 0.1) is 5.41 Å². The van der Waals surface area contributed by atoms with Gasteiger partial charge in [-0.15, -0.1) is 0 Å². The van der Waals surface area contributed by atoms with E-state index in [-0.39, 0.29) is 48.6 Å². The smallest absolute Gasteiger partial charge is 0.419 e. The van der Waals surface area contributed by atoms with E-state index >= 15 is 0 Å². The van der Waals surface area contributed by atoms with E-state index < -0.39 is 24.0 Å². The maximum absolute atomic E-state index is 13.8. The van der Waals surface area contributed by atoms with Gasteiger partial charge in [0, 0.05) is 12.0 Å². The van der Waals surface area contributed by atoms with Crippen molar-refractivity contribution in [2.45, 2.75) is 70.3 Å². The molecular formula is C22H29F4N5O2. The Kier molecular flexibility index (Phi) is 8.15. The van der Waals surface area contributed by atoms with E-state index in [0.717, 1.165) is 38.2 Å². The van der Waals surface area contributed by atoms with Crippen LogP contribution in [0.25, 0.3) is 11.4 Å². The van der Waals surface area contributed by atoms with E-state index in [1.807, 2.05) is 0 Å². The maximum atomic E-state index is 13.8. The summed E-state index contributed by atoms with van der Waals surface area (Å²) in [5.74, 6) is -0.658. The Hall–Kier alpha value is -2.85. The zero-order chi connectivity index (χ0) is 24.0. The number of hydrogen-bond donors (Lipinski definition) is 2. The van der Waals surface area contributed by atoms with Gasteiger partial charge in [-0.1, -0.05) is 44.2 Å². The summed E-state index contributed by atoms with van der Waals surface area (Å²) in [5.41, 5.74) is 4.65. The summed E-state index contributed by atoms with van der Waals surface area (Å²) in [6.07, 6.45) is 0.165. The van der Waals surface area contributed by atoms with E-state index in [1.165, 1.54) is 17.0 Å². The second-order valence-corrected chi connectivity index (χ2v) is 8.17. The van der Waals surface area contributed by atoms with Crippen LogP contribution in [0.3, 0.4) is 0 Å². The molecule has 33 heavy (non-hydrogen) atoms. The fourth-order valence-corrected chi connectivity index (χ4v) is 3.85. The van der Waals surface area contributed by atoms with Crippen LogP contribution in [0.2, 0.25) is 0 Å². The Morgan fingerprint density at radius 3 is 2.67 bits per heavy atom. The summed E-state index contributed by atoms with van der Waals surface area (Å²) < 4.78 is 65.4. The fraction of sp³-hybridized carbons (Fsp3) is 0.591. The summed E-state index contributed by atoms with van der Waals surface area (Å²) in [6, 6.07) is 2.86. The van der Waals surface area contributed by atoms with Gasteiger partial charge in [0.05, 0.1) is 18.7 Å². The molecule has 2 aromatic rings. The number of aromatic nitrogens is 2. The molecule has 7 nitrogen and oxygen atoms in total. The minimum Gasteiger partial charge on any atom is -0.493 e. The summed E-state index contributed by atoms with van der Waals surface area (Å²) in [5, 5.41) is 11.3. The number of guanidine groups is 1. The lowest BCUT2D eigenvalue weighted by Gasteiger charge is -2.20. The summed E-state index contributed by atoms with van der Waals surface area (Å²) in [6.45, 7) is 2.24. The largest absolute Gasteiger partial charge is 0.493 e. The number of nitrogens with zero attached hydrogens (tertiary/aromatic N) is 3. The van der Waals surface area contributed by atoms with Crippen LogP contribution in [0.5, 0.6) is 5.75 Å². The first-order valence-electron chi connectivity index (χ1n) is 11.1. The van der Waals surface area contributed by atoms with Crippen molar-refractivity contribution in [3.8, 4) is 17.1 Å². The van der Waals surface area contributed by atoms with Gasteiger partial charge in [0.2, 0.25) is 11.7 Å². The quantitative estimate of drug-likeness (QED) is 0.206. The second kappa shape index (κ2) is 10.8. The van der Waals surface area contributed by atoms with E-state index in [2.05, 4.69) is 17.1 Å². The number of rotatable bonds is 10. The van der Waals surface area contributed by atoms with Crippen molar-refractivity contribution in [3.05, 3.63) is 29.7 Å². The fourth-order valence-electron chi connectivity index (χ4n) is 3.85. The number of nitrogens with one attached hydrogen (secondary N) is 1. The Bertz CT molecular complexity index is 934. The highest BCUT2D eigenvalue weighted by Crippen LogP contribution is 2.39. The number of hydrogen-bond acceptors (Lipinski definition) is 5. The SMILES string of the molecule is CCCCCCCCOc1ccc(-c2noc([C@@H]3C[C@H](F)CN3C(=N)N)n2)cc1C(F)(F)F. The molecule has 182 valence electrons. The second-order valence-electron chi connectivity index (χ2n) is 8.17. The first-order valence-corrected chi connectivity index (χ1v) is 11.1. The highest BCUT2D eigenvalue weighted by atomic mass is 19.4. The van der Waals surface area contributed by atoms with Gasteiger partial charge >= 0.3 is 6.18 Å². The molecule has 1 aromatic heterocycles. The van der Waals surface area contributed by atoms with E-state index in [1.54, 1.807) is 0 Å². The van der Waals surface area contributed by atoms with Crippen LogP contribution >= 0.6 is 0 Å². The molecule has 0 radical (unpaired) electrons. The molecule has 1 fully saturated rings. The van der Waals surface area contributed by atoms with Crippen LogP contribution in [-0.4, -0.2) is 40.3 Å². The standard InChI is InChI=1S/C22H29F4N5O2/c1-2-3-4-5-6-7-10-32-18-9-8-14(11-16(18)22(24,25)26)19-29-20(33-30-19)17-12-15(23)13-31(17)21(27)28/h8-9,11,15,17H,2-7,10,12-13H2,1H3,(H3,27,28)/t15-,17-/m0/s1. The van der Waals surface area contributed by atoms with Gasteiger partial charge < -0.3 is 19.9 Å². The predicted molar refractivity (Wildman–Crippen MR) is 114 cm³/mol. The molecule has 3 rings (SSSR count). The molecule has 2 heterocycles. The first kappa shape index (κ1) is 24.8. The number of ether oxygens (including phenoxy) is 1. The molecule has 0 aliphatic carbocycles. The predicted octanol–water partition coefficient (Wildman–Crippen LogP) is 5.47. The first-order chi connectivity index (χ1) is 15.7. The van der Waals surface area contributed by atoms with Crippen molar-refractivity contribution in [1.82, 2.24) is 15.0 Å². The molecular weight excluding hydrogens is 442 g/mol. The number of unbranched alkanes of at least 4 members (excludes halogenated alkanes) is 5. The third-order valence-corrected chi connectivity index (χ3v) is 5.58. The lowest BCUT2D eigenvalue weighted by Crippen LogP contribution is -2.36. The van der Waals surface area contributed by atoms with Gasteiger partial charge in [-0.2, -0.15) is 18.2 Å². The highest BCUT2D eigenvalue weighted by molar-refractivity contribution is 5.75. The van der Waals surface area contributed by atoms with Crippen molar-refractivity contribution in [1.29, 1.82) is 5.41 Å². The van der Waals surface area contributed by atoms with Crippen LogP contribution < -0.4 is 10.5 Å². The number of likely N-dealkylation sites (tertiary alicyclic amines) is 1. The van der Waals surface area contributed by atoms with Crippen LogP contribution in [0.1, 0.15) is 69.4 Å². The molecule has 0 saturated carbocycles. The van der Waals surface area contributed by atoms with Gasteiger partial charge in [0.15, 0.2) is 5.96 Å². The normalized spacial score (nSPS) is 18.6.